The molecule has 0 amide bonds. The van der Waals surface area contributed by atoms with Crippen LogP contribution >= 0.6 is 11.6 Å². The number of carboxylic acid groups (broad SMARTS) is 1. The normalized spacial score (nSPS) is 11.2. The van der Waals surface area contributed by atoms with Gasteiger partial charge in [0.15, 0.2) is 0 Å². The van der Waals surface area contributed by atoms with Gasteiger partial charge in [0.25, 0.3) is 0 Å². The zero-order valence-corrected chi connectivity index (χ0v) is 12.8. The Hall–Kier alpha value is -2.78. The zero-order valence-electron chi connectivity index (χ0n) is 12.0. The van der Waals surface area contributed by atoms with E-state index >= 15 is 0 Å². The topological polar surface area (TPSA) is 42.2 Å². The molecule has 112 valence electrons. The zero-order chi connectivity index (χ0) is 16.0. The number of hydrogen-bond acceptors (Lipinski definition) is 1. The second-order valence-electron chi connectivity index (χ2n) is 5.34. The molecule has 0 aliphatic rings. The number of benzene rings is 3. The summed E-state index contributed by atoms with van der Waals surface area (Å²) in [6.45, 7) is 0. The van der Waals surface area contributed by atoms with Crippen molar-refractivity contribution in [2.24, 2.45) is 0 Å². The number of hydrogen-bond donors (Lipinski definition) is 1. The minimum Gasteiger partial charge on any atom is -0.478 e. The maximum Gasteiger partial charge on any atom is 0.335 e. The average Bonchev–Trinajstić information content (AvgIpc) is 2.89. The number of carbonyl (C=O) groups is 1. The van der Waals surface area contributed by atoms with Crippen LogP contribution in [-0.2, 0) is 0 Å². The van der Waals surface area contributed by atoms with E-state index in [0.717, 1.165) is 27.5 Å². The fourth-order valence-electron chi connectivity index (χ4n) is 3.00. The largest absolute Gasteiger partial charge is 0.478 e. The second kappa shape index (κ2) is 5.14. The molecule has 3 nitrogen and oxygen atoms in total. The van der Waals surface area contributed by atoms with Gasteiger partial charge in [-0.1, -0.05) is 48.0 Å². The molecular formula is C19H12ClNO2. The molecule has 4 rings (SSSR count). The lowest BCUT2D eigenvalue weighted by Gasteiger charge is -2.10. The van der Waals surface area contributed by atoms with Gasteiger partial charge < -0.3 is 9.67 Å². The van der Waals surface area contributed by atoms with Crippen molar-refractivity contribution in [3.8, 4) is 5.69 Å². The number of nitrogens with zero attached hydrogens (tertiary/aromatic N) is 1. The molecule has 0 atom stereocenters. The molecule has 3 aromatic carbocycles. The Morgan fingerprint density at radius 2 is 1.43 bits per heavy atom. The Kier molecular flexibility index (Phi) is 3.10. The van der Waals surface area contributed by atoms with Crippen LogP contribution < -0.4 is 0 Å². The summed E-state index contributed by atoms with van der Waals surface area (Å²) in [7, 11) is 0. The van der Waals surface area contributed by atoms with Crippen molar-refractivity contribution in [1.82, 2.24) is 4.57 Å². The first-order valence-electron chi connectivity index (χ1n) is 7.18. The van der Waals surface area contributed by atoms with Gasteiger partial charge >= 0.3 is 5.97 Å². The third-order valence-corrected chi connectivity index (χ3v) is 4.32. The molecule has 1 N–H and O–H groups in total. The molecule has 1 heterocycles. The van der Waals surface area contributed by atoms with Crippen LogP contribution in [0.2, 0.25) is 5.02 Å². The van der Waals surface area contributed by atoms with Crippen LogP contribution in [0.3, 0.4) is 0 Å². The van der Waals surface area contributed by atoms with Gasteiger partial charge in [-0.05, 0) is 30.3 Å². The van der Waals surface area contributed by atoms with Gasteiger partial charge in [-0.3, -0.25) is 0 Å². The van der Waals surface area contributed by atoms with Crippen LogP contribution in [0.1, 0.15) is 10.4 Å². The summed E-state index contributed by atoms with van der Waals surface area (Å²) >= 11 is 6.38. The lowest BCUT2D eigenvalue weighted by Crippen LogP contribution is -1.99. The van der Waals surface area contributed by atoms with E-state index in [4.69, 9.17) is 16.7 Å². The molecular weight excluding hydrogens is 310 g/mol. The van der Waals surface area contributed by atoms with E-state index in [2.05, 4.69) is 16.7 Å². The monoisotopic (exact) mass is 321 g/mol. The fraction of sp³-hybridized carbons (Fsp3) is 0. The number of aromatic nitrogens is 1. The molecule has 0 radical (unpaired) electrons. The quantitative estimate of drug-likeness (QED) is 0.555. The van der Waals surface area contributed by atoms with Gasteiger partial charge in [-0.25, -0.2) is 4.79 Å². The second-order valence-corrected chi connectivity index (χ2v) is 5.75. The third-order valence-electron chi connectivity index (χ3n) is 4.02. The highest BCUT2D eigenvalue weighted by atomic mass is 35.5. The van der Waals surface area contributed by atoms with E-state index < -0.39 is 5.97 Å². The molecule has 0 aliphatic heterocycles. The van der Waals surface area contributed by atoms with E-state index in [0.29, 0.717) is 5.02 Å². The summed E-state index contributed by atoms with van der Waals surface area (Å²) in [5.41, 5.74) is 3.03. The molecule has 0 aliphatic carbocycles. The van der Waals surface area contributed by atoms with E-state index in [9.17, 15) is 4.79 Å². The predicted octanol–water partition coefficient (Wildman–Crippen LogP) is 5.14. The molecule has 4 aromatic rings. The highest BCUT2D eigenvalue weighted by Gasteiger charge is 2.14. The van der Waals surface area contributed by atoms with Crippen molar-refractivity contribution in [1.29, 1.82) is 0 Å². The average molecular weight is 322 g/mol. The number of fused-ring (bicyclic) bond motifs is 3. The Labute approximate surface area is 137 Å². The lowest BCUT2D eigenvalue weighted by atomic mass is 10.2. The summed E-state index contributed by atoms with van der Waals surface area (Å²) in [5.74, 6) is -0.985. The van der Waals surface area contributed by atoms with Crippen molar-refractivity contribution >= 4 is 39.4 Å². The molecule has 0 saturated heterocycles. The highest BCUT2D eigenvalue weighted by molar-refractivity contribution is 6.33. The van der Waals surface area contributed by atoms with Crippen LogP contribution in [-0.4, -0.2) is 15.6 Å². The molecule has 4 heteroatoms. The first kappa shape index (κ1) is 13.9. The summed E-state index contributed by atoms with van der Waals surface area (Å²) in [6, 6.07) is 21.0. The van der Waals surface area contributed by atoms with Crippen molar-refractivity contribution in [2.45, 2.75) is 0 Å². The molecule has 0 saturated carbocycles. The van der Waals surface area contributed by atoms with E-state index in [-0.39, 0.29) is 5.56 Å². The lowest BCUT2D eigenvalue weighted by molar-refractivity contribution is 0.0697. The van der Waals surface area contributed by atoms with Gasteiger partial charge in [0.05, 0.1) is 27.3 Å². The first-order valence-corrected chi connectivity index (χ1v) is 7.56. The van der Waals surface area contributed by atoms with E-state index in [1.54, 1.807) is 12.1 Å². The summed E-state index contributed by atoms with van der Waals surface area (Å²) in [6.07, 6.45) is 0. The molecule has 0 bridgehead atoms. The SMILES string of the molecule is O=C(O)c1ccc(-n2c3ccccc3c3ccccc32)c(Cl)c1. The van der Waals surface area contributed by atoms with E-state index in [1.165, 1.54) is 6.07 Å². The minimum absolute atomic E-state index is 0.180. The van der Waals surface area contributed by atoms with Crippen LogP contribution in [0.4, 0.5) is 0 Å². The van der Waals surface area contributed by atoms with Crippen LogP contribution in [0.25, 0.3) is 27.5 Å². The van der Waals surface area contributed by atoms with Gasteiger partial charge in [0.1, 0.15) is 0 Å². The maximum atomic E-state index is 11.1. The van der Waals surface area contributed by atoms with Gasteiger partial charge in [0, 0.05) is 10.8 Å². The van der Waals surface area contributed by atoms with Crippen LogP contribution in [0.15, 0.2) is 66.7 Å². The third kappa shape index (κ3) is 2.09. The number of aromatic carboxylic acids is 1. The van der Waals surface area contributed by atoms with Crippen molar-refractivity contribution in [3.63, 3.8) is 0 Å². The first-order chi connectivity index (χ1) is 11.2. The number of para-hydroxylation sites is 2. The van der Waals surface area contributed by atoms with Gasteiger partial charge in [-0.2, -0.15) is 0 Å². The predicted molar refractivity (Wildman–Crippen MR) is 92.8 cm³/mol. The fourth-order valence-corrected chi connectivity index (χ4v) is 3.27. The summed E-state index contributed by atoms with van der Waals surface area (Å²) < 4.78 is 2.07. The Bertz CT molecular complexity index is 1010. The molecule has 0 spiro atoms. The number of carboxylic acids is 1. The molecule has 23 heavy (non-hydrogen) atoms. The van der Waals surface area contributed by atoms with Crippen molar-refractivity contribution < 1.29 is 9.90 Å². The summed E-state index contributed by atoms with van der Waals surface area (Å²) in [4.78, 5) is 11.1. The molecule has 0 unspecified atom stereocenters. The highest BCUT2D eigenvalue weighted by Crippen LogP contribution is 2.34. The molecule has 1 aromatic heterocycles. The summed E-state index contributed by atoms with van der Waals surface area (Å²) in [5, 5.41) is 11.8. The number of rotatable bonds is 2. The Morgan fingerprint density at radius 3 is 1.96 bits per heavy atom. The van der Waals surface area contributed by atoms with Crippen LogP contribution in [0.5, 0.6) is 0 Å². The Balaban J connectivity index is 2.10. The standard InChI is InChI=1S/C19H12ClNO2/c20-15-11-12(19(22)23)9-10-18(15)21-16-7-3-1-5-13(16)14-6-2-4-8-17(14)21/h1-11H,(H,22,23). The Morgan fingerprint density at radius 1 is 0.870 bits per heavy atom. The van der Waals surface area contributed by atoms with Crippen molar-refractivity contribution in [3.05, 3.63) is 77.3 Å². The van der Waals surface area contributed by atoms with Gasteiger partial charge in [-0.15, -0.1) is 0 Å². The van der Waals surface area contributed by atoms with Crippen LogP contribution in [0, 0.1) is 0 Å². The molecule has 0 fully saturated rings. The van der Waals surface area contributed by atoms with Crippen molar-refractivity contribution in [2.75, 3.05) is 0 Å². The minimum atomic E-state index is -0.985. The van der Waals surface area contributed by atoms with Gasteiger partial charge in [0.2, 0.25) is 0 Å². The number of halogens is 1. The van der Waals surface area contributed by atoms with E-state index in [1.807, 2.05) is 36.4 Å². The maximum absolute atomic E-state index is 11.1. The smallest absolute Gasteiger partial charge is 0.335 e.